The molecule has 8 heteroatoms. The minimum atomic E-state index is -0.922. The number of aryl methyl sites for hydroxylation is 1. The predicted octanol–water partition coefficient (Wildman–Crippen LogP) is 4.23. The van der Waals surface area contributed by atoms with Crippen molar-refractivity contribution in [2.75, 3.05) is 31.7 Å². The standard InChI is InChI=1S/C25H27N3O5/c1-3-16-11-17(5-6-19(16)25(29)30)20-13-24(28-15-27-20)26-8-7-18-12-22-23(33-10-9-32-22)14-21(18)31-4-2/h5-6,11-15H,3-4,7-10H2,1-2H3,(H,29,30)(H,26,27,28). The Labute approximate surface area is 192 Å². The van der Waals surface area contributed by atoms with Gasteiger partial charge in [-0.1, -0.05) is 13.0 Å². The molecule has 1 aliphatic heterocycles. The highest BCUT2D eigenvalue weighted by Crippen LogP contribution is 2.37. The molecular formula is C25H27N3O5. The van der Waals surface area contributed by atoms with Gasteiger partial charge >= 0.3 is 5.97 Å². The molecule has 2 heterocycles. The van der Waals surface area contributed by atoms with Crippen LogP contribution in [0.4, 0.5) is 5.82 Å². The molecule has 0 unspecified atom stereocenters. The molecule has 2 N–H and O–H groups in total. The number of carbonyl (C=O) groups is 1. The number of aromatic nitrogens is 2. The first-order chi connectivity index (χ1) is 16.1. The number of carboxylic acids is 1. The summed E-state index contributed by atoms with van der Waals surface area (Å²) >= 11 is 0. The van der Waals surface area contributed by atoms with Gasteiger partial charge in [-0.25, -0.2) is 14.8 Å². The zero-order valence-corrected chi connectivity index (χ0v) is 18.8. The normalized spacial score (nSPS) is 12.3. The van der Waals surface area contributed by atoms with E-state index < -0.39 is 5.97 Å². The highest BCUT2D eigenvalue weighted by molar-refractivity contribution is 5.90. The van der Waals surface area contributed by atoms with Gasteiger partial charge in [0.15, 0.2) is 11.5 Å². The van der Waals surface area contributed by atoms with Crippen molar-refractivity contribution in [2.24, 2.45) is 0 Å². The average molecular weight is 450 g/mol. The topological polar surface area (TPSA) is 103 Å². The Morgan fingerprint density at radius 3 is 2.58 bits per heavy atom. The molecule has 172 valence electrons. The van der Waals surface area contributed by atoms with Crippen LogP contribution in [0.5, 0.6) is 17.2 Å². The number of hydrogen-bond acceptors (Lipinski definition) is 7. The van der Waals surface area contributed by atoms with Crippen molar-refractivity contribution < 1.29 is 24.1 Å². The highest BCUT2D eigenvalue weighted by atomic mass is 16.6. The molecule has 0 saturated carbocycles. The molecule has 1 aromatic heterocycles. The predicted molar refractivity (Wildman–Crippen MR) is 125 cm³/mol. The Balaban J connectivity index is 1.47. The Morgan fingerprint density at radius 2 is 1.85 bits per heavy atom. The van der Waals surface area contributed by atoms with Gasteiger partial charge in [0.1, 0.15) is 31.1 Å². The van der Waals surface area contributed by atoms with Gasteiger partial charge in [-0.15, -0.1) is 0 Å². The zero-order chi connectivity index (χ0) is 23.2. The van der Waals surface area contributed by atoms with E-state index in [1.165, 1.54) is 6.33 Å². The van der Waals surface area contributed by atoms with Gasteiger partial charge in [0, 0.05) is 24.2 Å². The minimum absolute atomic E-state index is 0.318. The number of anilines is 1. The fourth-order valence-electron chi connectivity index (χ4n) is 3.79. The van der Waals surface area contributed by atoms with Gasteiger partial charge in [0.05, 0.1) is 17.9 Å². The number of hydrogen-bond donors (Lipinski definition) is 2. The first kappa shape index (κ1) is 22.4. The highest BCUT2D eigenvalue weighted by Gasteiger charge is 2.17. The fourth-order valence-corrected chi connectivity index (χ4v) is 3.79. The monoisotopic (exact) mass is 449 g/mol. The molecule has 0 bridgehead atoms. The van der Waals surface area contributed by atoms with Crippen LogP contribution in [0.3, 0.4) is 0 Å². The summed E-state index contributed by atoms with van der Waals surface area (Å²) in [7, 11) is 0. The van der Waals surface area contributed by atoms with Crippen molar-refractivity contribution in [3.05, 3.63) is 59.4 Å². The maximum absolute atomic E-state index is 11.4. The Morgan fingerprint density at radius 1 is 1.06 bits per heavy atom. The third kappa shape index (κ3) is 5.16. The number of aromatic carboxylic acids is 1. The lowest BCUT2D eigenvalue weighted by atomic mass is 10.0. The second-order valence-corrected chi connectivity index (χ2v) is 7.53. The van der Waals surface area contributed by atoms with Crippen molar-refractivity contribution >= 4 is 11.8 Å². The molecule has 2 aromatic carbocycles. The van der Waals surface area contributed by atoms with Crippen LogP contribution in [0.1, 0.15) is 35.3 Å². The Hall–Kier alpha value is -3.81. The summed E-state index contributed by atoms with van der Waals surface area (Å²) < 4.78 is 17.2. The summed E-state index contributed by atoms with van der Waals surface area (Å²) in [4.78, 5) is 20.1. The number of fused-ring (bicyclic) bond motifs is 1. The first-order valence-electron chi connectivity index (χ1n) is 11.1. The number of nitrogens with zero attached hydrogens (tertiary/aromatic N) is 2. The smallest absolute Gasteiger partial charge is 0.335 e. The third-order valence-corrected chi connectivity index (χ3v) is 5.41. The lowest BCUT2D eigenvalue weighted by molar-refractivity contribution is 0.0695. The van der Waals surface area contributed by atoms with Gasteiger partial charge in [0.2, 0.25) is 0 Å². The van der Waals surface area contributed by atoms with Gasteiger partial charge in [-0.3, -0.25) is 0 Å². The molecule has 0 spiro atoms. The second kappa shape index (κ2) is 10.2. The number of ether oxygens (including phenoxy) is 3. The molecule has 1 aliphatic rings. The van der Waals surface area contributed by atoms with Crippen molar-refractivity contribution in [2.45, 2.75) is 26.7 Å². The van der Waals surface area contributed by atoms with E-state index in [1.54, 1.807) is 12.1 Å². The minimum Gasteiger partial charge on any atom is -0.493 e. The fraction of sp³-hybridized carbons (Fsp3) is 0.320. The lowest BCUT2D eigenvalue weighted by Crippen LogP contribution is -2.16. The molecule has 33 heavy (non-hydrogen) atoms. The van der Waals surface area contributed by atoms with Crippen LogP contribution in [-0.4, -0.2) is 47.4 Å². The van der Waals surface area contributed by atoms with E-state index in [9.17, 15) is 9.90 Å². The number of nitrogens with one attached hydrogen (secondary N) is 1. The van der Waals surface area contributed by atoms with Crippen LogP contribution in [0.15, 0.2) is 42.7 Å². The lowest BCUT2D eigenvalue weighted by Gasteiger charge is -2.21. The van der Waals surface area contributed by atoms with Crippen molar-refractivity contribution in [1.29, 1.82) is 0 Å². The Bertz CT molecular complexity index is 1150. The maximum Gasteiger partial charge on any atom is 0.335 e. The van der Waals surface area contributed by atoms with Crippen LogP contribution in [-0.2, 0) is 12.8 Å². The van der Waals surface area contributed by atoms with E-state index in [4.69, 9.17) is 14.2 Å². The molecule has 0 aliphatic carbocycles. The molecule has 0 atom stereocenters. The largest absolute Gasteiger partial charge is 0.493 e. The number of carboxylic acid groups (broad SMARTS) is 1. The molecular weight excluding hydrogens is 422 g/mol. The van der Waals surface area contributed by atoms with E-state index in [1.807, 2.05) is 38.1 Å². The van der Waals surface area contributed by atoms with Crippen LogP contribution < -0.4 is 19.5 Å². The molecule has 0 radical (unpaired) electrons. The van der Waals surface area contributed by atoms with Crippen molar-refractivity contribution in [3.8, 4) is 28.5 Å². The van der Waals surface area contributed by atoms with Crippen LogP contribution >= 0.6 is 0 Å². The second-order valence-electron chi connectivity index (χ2n) is 7.53. The van der Waals surface area contributed by atoms with E-state index in [0.29, 0.717) is 56.3 Å². The summed E-state index contributed by atoms with van der Waals surface area (Å²) in [5.74, 6) is 2.00. The number of rotatable bonds is 9. The third-order valence-electron chi connectivity index (χ3n) is 5.41. The SMILES string of the molecule is CCOc1cc2c(cc1CCNc1cc(-c3ccc(C(=O)O)c(CC)c3)ncn1)OCCO2. The molecule has 0 saturated heterocycles. The first-order valence-corrected chi connectivity index (χ1v) is 11.1. The summed E-state index contributed by atoms with van der Waals surface area (Å²) in [5, 5.41) is 12.7. The van der Waals surface area contributed by atoms with E-state index in [2.05, 4.69) is 15.3 Å². The molecule has 8 nitrogen and oxygen atoms in total. The van der Waals surface area contributed by atoms with Crippen LogP contribution in [0.2, 0.25) is 0 Å². The summed E-state index contributed by atoms with van der Waals surface area (Å²) in [6.45, 7) is 6.16. The molecule has 3 aromatic rings. The average Bonchev–Trinajstić information content (AvgIpc) is 2.84. The molecule has 0 fully saturated rings. The quantitative estimate of drug-likeness (QED) is 0.500. The van der Waals surface area contributed by atoms with Gasteiger partial charge in [0.25, 0.3) is 0 Å². The molecule has 4 rings (SSSR count). The maximum atomic E-state index is 11.4. The van der Waals surface area contributed by atoms with Gasteiger partial charge in [-0.05, 0) is 49.1 Å². The van der Waals surface area contributed by atoms with Crippen LogP contribution in [0.25, 0.3) is 11.3 Å². The van der Waals surface area contributed by atoms with E-state index in [-0.39, 0.29) is 0 Å². The number of benzene rings is 2. The van der Waals surface area contributed by atoms with E-state index >= 15 is 0 Å². The molecule has 0 amide bonds. The zero-order valence-electron chi connectivity index (χ0n) is 18.8. The van der Waals surface area contributed by atoms with Crippen LogP contribution in [0, 0.1) is 0 Å². The summed E-state index contributed by atoms with van der Waals surface area (Å²) in [5.41, 5.74) is 3.70. The van der Waals surface area contributed by atoms with Crippen molar-refractivity contribution in [3.63, 3.8) is 0 Å². The van der Waals surface area contributed by atoms with Gasteiger partial charge < -0.3 is 24.6 Å². The van der Waals surface area contributed by atoms with E-state index in [0.717, 1.165) is 33.9 Å². The summed E-state index contributed by atoms with van der Waals surface area (Å²) in [6, 6.07) is 11.0. The van der Waals surface area contributed by atoms with Gasteiger partial charge in [-0.2, -0.15) is 0 Å². The van der Waals surface area contributed by atoms with Crippen molar-refractivity contribution in [1.82, 2.24) is 9.97 Å². The Kier molecular flexibility index (Phi) is 6.92. The summed E-state index contributed by atoms with van der Waals surface area (Å²) in [6.07, 6.45) is 2.84.